The van der Waals surface area contributed by atoms with Crippen molar-refractivity contribution in [1.82, 2.24) is 4.90 Å². The van der Waals surface area contributed by atoms with E-state index >= 15 is 0 Å². The second kappa shape index (κ2) is 14.6. The maximum absolute atomic E-state index is 12.9. The van der Waals surface area contributed by atoms with Gasteiger partial charge in [0.25, 0.3) is 5.91 Å². The lowest BCUT2D eigenvalue weighted by atomic mass is 10.1. The van der Waals surface area contributed by atoms with E-state index in [0.717, 1.165) is 51.1 Å². The fraction of sp³-hybridized carbons (Fsp3) is 0.519. The van der Waals surface area contributed by atoms with Gasteiger partial charge in [0, 0.05) is 19.7 Å². The van der Waals surface area contributed by atoms with E-state index in [1.807, 2.05) is 54.3 Å². The topological polar surface area (TPSA) is 38.8 Å². The SMILES string of the molecule is CCCCCCN(CCc1ccccc1)C(=O)COc1ccc(C[C@H](C)OCC)cc1. The van der Waals surface area contributed by atoms with Crippen LogP contribution in [0.15, 0.2) is 54.6 Å². The smallest absolute Gasteiger partial charge is 0.260 e. The van der Waals surface area contributed by atoms with Crippen LogP contribution in [0.1, 0.15) is 57.6 Å². The highest BCUT2D eigenvalue weighted by Gasteiger charge is 2.14. The number of benzene rings is 2. The van der Waals surface area contributed by atoms with Crippen LogP contribution in [0, 0.1) is 0 Å². The number of carbonyl (C=O) groups is 1. The summed E-state index contributed by atoms with van der Waals surface area (Å²) < 4.78 is 11.4. The highest BCUT2D eigenvalue weighted by molar-refractivity contribution is 5.77. The van der Waals surface area contributed by atoms with E-state index in [2.05, 4.69) is 26.0 Å². The molecule has 0 saturated carbocycles. The molecule has 0 heterocycles. The highest BCUT2D eigenvalue weighted by atomic mass is 16.5. The van der Waals surface area contributed by atoms with Crippen LogP contribution < -0.4 is 4.74 Å². The van der Waals surface area contributed by atoms with Crippen LogP contribution in [0.25, 0.3) is 0 Å². The number of hydrogen-bond acceptors (Lipinski definition) is 3. The lowest BCUT2D eigenvalue weighted by Crippen LogP contribution is -2.37. The summed E-state index contributed by atoms with van der Waals surface area (Å²) in [5.74, 6) is 0.789. The Labute approximate surface area is 188 Å². The van der Waals surface area contributed by atoms with Gasteiger partial charge in [-0.05, 0) is 56.4 Å². The molecular weight excluding hydrogens is 386 g/mol. The van der Waals surface area contributed by atoms with Gasteiger partial charge < -0.3 is 14.4 Å². The summed E-state index contributed by atoms with van der Waals surface area (Å²) in [6.07, 6.45) is 6.55. The van der Waals surface area contributed by atoms with Crippen molar-refractivity contribution in [3.63, 3.8) is 0 Å². The number of rotatable bonds is 15. The minimum absolute atomic E-state index is 0.0569. The largest absolute Gasteiger partial charge is 0.484 e. The van der Waals surface area contributed by atoms with Gasteiger partial charge in [0.05, 0.1) is 6.10 Å². The maximum Gasteiger partial charge on any atom is 0.260 e. The van der Waals surface area contributed by atoms with E-state index in [9.17, 15) is 4.79 Å². The second-order valence-corrected chi connectivity index (χ2v) is 8.08. The molecule has 2 aromatic rings. The number of nitrogens with zero attached hydrogens (tertiary/aromatic N) is 1. The lowest BCUT2D eigenvalue weighted by Gasteiger charge is -2.23. The summed E-state index contributed by atoms with van der Waals surface area (Å²) in [6, 6.07) is 18.3. The van der Waals surface area contributed by atoms with Gasteiger partial charge in [-0.15, -0.1) is 0 Å². The first-order valence-corrected chi connectivity index (χ1v) is 11.8. The quantitative estimate of drug-likeness (QED) is 0.344. The van der Waals surface area contributed by atoms with Crippen LogP contribution in [0.4, 0.5) is 0 Å². The van der Waals surface area contributed by atoms with Crippen molar-refractivity contribution in [2.24, 2.45) is 0 Å². The van der Waals surface area contributed by atoms with Gasteiger partial charge in [-0.25, -0.2) is 0 Å². The molecule has 0 aliphatic carbocycles. The Morgan fingerprint density at radius 3 is 2.32 bits per heavy atom. The average Bonchev–Trinajstić information content (AvgIpc) is 2.79. The molecule has 170 valence electrons. The first-order valence-electron chi connectivity index (χ1n) is 11.8. The third kappa shape index (κ3) is 10.0. The van der Waals surface area contributed by atoms with Crippen molar-refractivity contribution in [2.75, 3.05) is 26.3 Å². The number of amides is 1. The van der Waals surface area contributed by atoms with Crippen molar-refractivity contribution in [2.45, 2.75) is 65.4 Å². The molecule has 0 unspecified atom stereocenters. The molecule has 1 amide bonds. The molecule has 0 fully saturated rings. The van der Waals surface area contributed by atoms with Crippen molar-refractivity contribution in [3.05, 3.63) is 65.7 Å². The molecule has 0 saturated heterocycles. The van der Waals surface area contributed by atoms with Crippen LogP contribution in [0.3, 0.4) is 0 Å². The molecule has 0 N–H and O–H groups in total. The molecule has 4 heteroatoms. The van der Waals surface area contributed by atoms with Crippen LogP contribution >= 0.6 is 0 Å². The summed E-state index contributed by atoms with van der Waals surface area (Å²) >= 11 is 0. The standard InChI is InChI=1S/C27H39NO3/c1-4-6-7-11-19-28(20-18-24-12-9-8-10-13-24)27(29)22-31-26-16-14-25(15-17-26)21-23(3)30-5-2/h8-10,12-17,23H,4-7,11,18-22H2,1-3H3/t23-/m0/s1. The van der Waals surface area contributed by atoms with E-state index in [0.29, 0.717) is 0 Å². The Morgan fingerprint density at radius 2 is 1.65 bits per heavy atom. The molecule has 0 bridgehead atoms. The van der Waals surface area contributed by atoms with Crippen molar-refractivity contribution >= 4 is 5.91 Å². The zero-order valence-electron chi connectivity index (χ0n) is 19.5. The summed E-state index contributed by atoms with van der Waals surface area (Å²) in [6.45, 7) is 8.63. The predicted octanol–water partition coefficient (Wildman–Crippen LogP) is 5.68. The third-order valence-corrected chi connectivity index (χ3v) is 5.41. The Hall–Kier alpha value is -2.33. The molecule has 31 heavy (non-hydrogen) atoms. The first-order chi connectivity index (χ1) is 15.1. The van der Waals surface area contributed by atoms with Gasteiger partial charge in [-0.3, -0.25) is 4.79 Å². The van der Waals surface area contributed by atoms with Crippen molar-refractivity contribution in [1.29, 1.82) is 0 Å². The molecule has 4 nitrogen and oxygen atoms in total. The van der Waals surface area contributed by atoms with Crippen molar-refractivity contribution < 1.29 is 14.3 Å². The Morgan fingerprint density at radius 1 is 0.903 bits per heavy atom. The normalized spacial score (nSPS) is 11.8. The van der Waals surface area contributed by atoms with E-state index in [-0.39, 0.29) is 18.6 Å². The molecular formula is C27H39NO3. The Bertz CT molecular complexity index is 730. The molecule has 1 atom stereocenters. The predicted molar refractivity (Wildman–Crippen MR) is 128 cm³/mol. The zero-order valence-corrected chi connectivity index (χ0v) is 19.5. The van der Waals surface area contributed by atoms with Gasteiger partial charge in [0.2, 0.25) is 0 Å². The number of unbranched alkanes of at least 4 members (excludes halogenated alkanes) is 3. The van der Waals surface area contributed by atoms with Crippen LogP contribution in [-0.4, -0.2) is 43.2 Å². The first kappa shape index (κ1) is 24.9. The van der Waals surface area contributed by atoms with E-state index in [4.69, 9.17) is 9.47 Å². The highest BCUT2D eigenvalue weighted by Crippen LogP contribution is 2.15. The summed E-state index contributed by atoms with van der Waals surface area (Å²) in [5, 5.41) is 0. The van der Waals surface area contributed by atoms with E-state index in [1.165, 1.54) is 24.0 Å². The maximum atomic E-state index is 12.9. The van der Waals surface area contributed by atoms with Gasteiger partial charge in [0.15, 0.2) is 6.61 Å². The Balaban J connectivity index is 1.85. The number of carbonyl (C=O) groups excluding carboxylic acids is 1. The minimum atomic E-state index is 0.0569. The summed E-state index contributed by atoms with van der Waals surface area (Å²) in [4.78, 5) is 14.8. The van der Waals surface area contributed by atoms with E-state index in [1.54, 1.807) is 0 Å². The third-order valence-electron chi connectivity index (χ3n) is 5.41. The molecule has 2 rings (SSSR count). The van der Waals surface area contributed by atoms with E-state index < -0.39 is 0 Å². The van der Waals surface area contributed by atoms with Crippen LogP contribution in [0.2, 0.25) is 0 Å². The summed E-state index contributed by atoms with van der Waals surface area (Å²) in [5.41, 5.74) is 2.46. The molecule has 0 aliphatic rings. The molecule has 0 spiro atoms. The van der Waals surface area contributed by atoms with Crippen molar-refractivity contribution in [3.8, 4) is 5.75 Å². The fourth-order valence-electron chi connectivity index (χ4n) is 3.63. The fourth-order valence-corrected chi connectivity index (χ4v) is 3.63. The minimum Gasteiger partial charge on any atom is -0.484 e. The molecule has 2 aromatic carbocycles. The summed E-state index contributed by atoms with van der Waals surface area (Å²) in [7, 11) is 0. The number of hydrogen-bond donors (Lipinski definition) is 0. The Kier molecular flexibility index (Phi) is 11.8. The zero-order chi connectivity index (χ0) is 22.3. The van der Waals surface area contributed by atoms with Crippen LogP contribution in [-0.2, 0) is 22.4 Å². The average molecular weight is 426 g/mol. The molecule has 0 aliphatic heterocycles. The van der Waals surface area contributed by atoms with Gasteiger partial charge in [-0.1, -0.05) is 68.7 Å². The molecule has 0 radical (unpaired) electrons. The lowest BCUT2D eigenvalue weighted by molar-refractivity contribution is -0.133. The van der Waals surface area contributed by atoms with Gasteiger partial charge in [-0.2, -0.15) is 0 Å². The monoisotopic (exact) mass is 425 g/mol. The van der Waals surface area contributed by atoms with Gasteiger partial charge in [0.1, 0.15) is 5.75 Å². The van der Waals surface area contributed by atoms with Gasteiger partial charge >= 0.3 is 0 Å². The number of ether oxygens (including phenoxy) is 2. The molecule has 0 aromatic heterocycles. The second-order valence-electron chi connectivity index (χ2n) is 8.08. The van der Waals surface area contributed by atoms with Crippen LogP contribution in [0.5, 0.6) is 5.75 Å².